The predicted molar refractivity (Wildman–Crippen MR) is 83.4 cm³/mol. The molecule has 3 rings (SSSR count). The lowest BCUT2D eigenvalue weighted by atomic mass is 9.92. The zero-order chi connectivity index (χ0) is 15.9. The van der Waals surface area contributed by atoms with Crippen molar-refractivity contribution in [1.29, 1.82) is 0 Å². The first kappa shape index (κ1) is 15.5. The van der Waals surface area contributed by atoms with Crippen molar-refractivity contribution in [2.24, 2.45) is 5.92 Å². The van der Waals surface area contributed by atoms with Crippen molar-refractivity contribution >= 4 is 5.91 Å². The lowest BCUT2D eigenvalue weighted by molar-refractivity contribution is -0.133. The maximum Gasteiger partial charge on any atom is 0.229 e. The van der Waals surface area contributed by atoms with Gasteiger partial charge in [-0.05, 0) is 6.07 Å². The number of hydrogen-bond acceptors (Lipinski definition) is 4. The van der Waals surface area contributed by atoms with Gasteiger partial charge in [-0.2, -0.15) is 5.10 Å². The number of ether oxygens (including phenoxy) is 1. The lowest BCUT2D eigenvalue weighted by Gasteiger charge is -2.28. The number of hydrogen-bond donors (Lipinski definition) is 1. The third-order valence-electron chi connectivity index (χ3n) is 4.61. The summed E-state index contributed by atoms with van der Waals surface area (Å²) in [5.74, 6) is 0.160. The van der Waals surface area contributed by atoms with Crippen LogP contribution in [0.25, 0.3) is 0 Å². The second-order valence-corrected chi connectivity index (χ2v) is 7.56. The fourth-order valence-corrected chi connectivity index (χ4v) is 3.18. The van der Waals surface area contributed by atoms with Gasteiger partial charge in [0.15, 0.2) is 0 Å². The molecular weight excluding hydrogens is 280 g/mol. The van der Waals surface area contributed by atoms with E-state index in [1.54, 1.807) is 0 Å². The molecule has 0 saturated carbocycles. The summed E-state index contributed by atoms with van der Waals surface area (Å²) in [5.41, 5.74) is 2.24. The zero-order valence-electron chi connectivity index (χ0n) is 13.9. The van der Waals surface area contributed by atoms with Crippen LogP contribution in [0.1, 0.15) is 32.2 Å². The van der Waals surface area contributed by atoms with Gasteiger partial charge in [0.1, 0.15) is 0 Å². The Morgan fingerprint density at radius 3 is 2.82 bits per heavy atom. The SMILES string of the molecule is CN1C(=O)[C@H]2COC[C@@H]1CN(Cc1cc(C(C)(C)C)n[nH]1)C2. The molecule has 1 aromatic heterocycles. The molecule has 2 aliphatic rings. The molecule has 1 amide bonds. The normalized spacial score (nSPS) is 27.1. The number of amides is 1. The summed E-state index contributed by atoms with van der Waals surface area (Å²) in [6.07, 6.45) is 0. The molecule has 122 valence electrons. The molecule has 0 spiro atoms. The Balaban J connectivity index is 1.73. The standard InChI is InChI=1S/C16H26N4O2/c1-16(2,3)14-5-12(17-18-14)7-20-6-11-9-22-10-13(8-20)19(4)15(11)21/h5,11,13H,6-10H2,1-4H3,(H,17,18)/t11-,13+/m1/s1. The van der Waals surface area contributed by atoms with Crippen LogP contribution in [-0.4, -0.2) is 65.3 Å². The number of rotatable bonds is 2. The molecular formula is C16H26N4O2. The minimum atomic E-state index is -0.0532. The highest BCUT2D eigenvalue weighted by atomic mass is 16.5. The molecule has 0 unspecified atom stereocenters. The Bertz CT molecular complexity index is 549. The minimum absolute atomic E-state index is 0.0497. The molecule has 0 aliphatic carbocycles. The van der Waals surface area contributed by atoms with Crippen LogP contribution in [0.3, 0.4) is 0 Å². The van der Waals surface area contributed by atoms with E-state index in [4.69, 9.17) is 4.74 Å². The van der Waals surface area contributed by atoms with Crippen LogP contribution in [-0.2, 0) is 21.5 Å². The quantitative estimate of drug-likeness (QED) is 0.885. The van der Waals surface area contributed by atoms with E-state index in [0.717, 1.165) is 31.0 Å². The molecule has 1 aromatic rings. The van der Waals surface area contributed by atoms with E-state index < -0.39 is 0 Å². The molecule has 1 N–H and O–H groups in total. The second-order valence-electron chi connectivity index (χ2n) is 7.56. The van der Waals surface area contributed by atoms with Gasteiger partial charge >= 0.3 is 0 Å². The van der Waals surface area contributed by atoms with Gasteiger partial charge in [0.25, 0.3) is 0 Å². The number of aromatic nitrogens is 2. The van der Waals surface area contributed by atoms with Crippen LogP contribution in [0.15, 0.2) is 6.07 Å². The van der Waals surface area contributed by atoms with Crippen molar-refractivity contribution < 1.29 is 9.53 Å². The smallest absolute Gasteiger partial charge is 0.229 e. The average Bonchev–Trinajstić information content (AvgIpc) is 2.80. The van der Waals surface area contributed by atoms with Crippen molar-refractivity contribution in [2.45, 2.75) is 38.8 Å². The van der Waals surface area contributed by atoms with Gasteiger partial charge < -0.3 is 9.64 Å². The third kappa shape index (κ3) is 3.03. The molecule has 22 heavy (non-hydrogen) atoms. The van der Waals surface area contributed by atoms with Gasteiger partial charge in [0.2, 0.25) is 5.91 Å². The summed E-state index contributed by atoms with van der Waals surface area (Å²) < 4.78 is 5.64. The van der Waals surface area contributed by atoms with Gasteiger partial charge in [-0.3, -0.25) is 14.8 Å². The zero-order valence-corrected chi connectivity index (χ0v) is 13.9. The molecule has 6 heteroatoms. The summed E-state index contributed by atoms with van der Waals surface area (Å²) in [5, 5.41) is 7.57. The van der Waals surface area contributed by atoms with Gasteiger partial charge in [-0.1, -0.05) is 20.8 Å². The Labute approximate surface area is 131 Å². The minimum Gasteiger partial charge on any atom is -0.378 e. The number of nitrogens with one attached hydrogen (secondary N) is 1. The second kappa shape index (κ2) is 5.66. The highest BCUT2D eigenvalue weighted by Crippen LogP contribution is 2.23. The van der Waals surface area contributed by atoms with Crippen molar-refractivity contribution in [3.8, 4) is 0 Å². The number of fused-ring (bicyclic) bond motifs is 3. The van der Waals surface area contributed by atoms with Crippen LogP contribution in [0.2, 0.25) is 0 Å². The first-order valence-corrected chi connectivity index (χ1v) is 7.96. The molecule has 2 aliphatic heterocycles. The van der Waals surface area contributed by atoms with Crippen LogP contribution in [0.4, 0.5) is 0 Å². The van der Waals surface area contributed by atoms with Crippen molar-refractivity contribution in [3.05, 3.63) is 17.5 Å². The van der Waals surface area contributed by atoms with E-state index in [1.807, 2.05) is 11.9 Å². The fraction of sp³-hybridized carbons (Fsp3) is 0.750. The summed E-state index contributed by atoms with van der Waals surface area (Å²) >= 11 is 0. The number of carbonyl (C=O) groups is 1. The Kier molecular flexibility index (Phi) is 3.99. The van der Waals surface area contributed by atoms with Crippen molar-refractivity contribution in [2.75, 3.05) is 33.4 Å². The molecule has 2 atom stereocenters. The number of carbonyl (C=O) groups excluding carboxylic acids is 1. The molecule has 2 saturated heterocycles. The van der Waals surface area contributed by atoms with Crippen LogP contribution in [0, 0.1) is 5.92 Å². The van der Waals surface area contributed by atoms with Crippen molar-refractivity contribution in [3.63, 3.8) is 0 Å². The maximum absolute atomic E-state index is 12.4. The van der Waals surface area contributed by atoms with Crippen LogP contribution in [0.5, 0.6) is 0 Å². The van der Waals surface area contributed by atoms with E-state index in [-0.39, 0.29) is 23.3 Å². The number of nitrogens with zero attached hydrogens (tertiary/aromatic N) is 3. The molecule has 3 heterocycles. The summed E-state index contributed by atoms with van der Waals surface area (Å²) in [4.78, 5) is 16.6. The van der Waals surface area contributed by atoms with Gasteiger partial charge in [0.05, 0.1) is 30.9 Å². The first-order chi connectivity index (χ1) is 10.3. The van der Waals surface area contributed by atoms with Crippen LogP contribution >= 0.6 is 0 Å². The largest absolute Gasteiger partial charge is 0.378 e. The summed E-state index contributed by atoms with van der Waals surface area (Å²) in [6, 6.07) is 2.29. The number of likely N-dealkylation sites (N-methyl/N-ethyl adjacent to an activating group) is 1. The number of H-pyrrole nitrogens is 1. The summed E-state index contributed by atoms with van der Waals surface area (Å²) in [7, 11) is 1.89. The molecule has 2 bridgehead atoms. The van der Waals surface area contributed by atoms with Gasteiger partial charge in [-0.15, -0.1) is 0 Å². The van der Waals surface area contributed by atoms with E-state index in [2.05, 4.69) is 41.9 Å². The van der Waals surface area contributed by atoms with E-state index in [1.165, 1.54) is 0 Å². The van der Waals surface area contributed by atoms with E-state index in [9.17, 15) is 4.79 Å². The highest BCUT2D eigenvalue weighted by Gasteiger charge is 2.37. The Morgan fingerprint density at radius 2 is 2.14 bits per heavy atom. The van der Waals surface area contributed by atoms with Crippen molar-refractivity contribution in [1.82, 2.24) is 20.0 Å². The maximum atomic E-state index is 12.4. The monoisotopic (exact) mass is 306 g/mol. The molecule has 2 fully saturated rings. The molecule has 0 aromatic carbocycles. The highest BCUT2D eigenvalue weighted by molar-refractivity contribution is 5.79. The topological polar surface area (TPSA) is 61.5 Å². The first-order valence-electron chi connectivity index (χ1n) is 7.96. The van der Waals surface area contributed by atoms with Gasteiger partial charge in [-0.25, -0.2) is 0 Å². The van der Waals surface area contributed by atoms with E-state index in [0.29, 0.717) is 13.2 Å². The number of aromatic amines is 1. The van der Waals surface area contributed by atoms with E-state index >= 15 is 0 Å². The molecule has 6 nitrogen and oxygen atoms in total. The Hall–Kier alpha value is -1.40. The molecule has 0 radical (unpaired) electrons. The predicted octanol–water partition coefficient (Wildman–Crippen LogP) is 0.996. The fourth-order valence-electron chi connectivity index (χ4n) is 3.18. The van der Waals surface area contributed by atoms with Gasteiger partial charge in [0, 0.05) is 37.8 Å². The lowest BCUT2D eigenvalue weighted by Crippen LogP contribution is -2.42. The Morgan fingerprint density at radius 1 is 1.36 bits per heavy atom. The average molecular weight is 306 g/mol. The van der Waals surface area contributed by atoms with Crippen LogP contribution < -0.4 is 0 Å². The summed E-state index contributed by atoms with van der Waals surface area (Å²) in [6.45, 7) is 10.1. The third-order valence-corrected chi connectivity index (χ3v) is 4.61.